The molecule has 0 saturated heterocycles. The number of amides is 2. The van der Waals surface area contributed by atoms with Crippen molar-refractivity contribution in [2.75, 3.05) is 0 Å². The van der Waals surface area contributed by atoms with Crippen LogP contribution in [0.3, 0.4) is 0 Å². The van der Waals surface area contributed by atoms with Crippen molar-refractivity contribution < 1.29 is 14.1 Å². The Balaban J connectivity index is 1.46. The average molecular weight is 479 g/mol. The van der Waals surface area contributed by atoms with Gasteiger partial charge in [0.25, 0.3) is 11.8 Å². The third-order valence-electron chi connectivity index (χ3n) is 4.61. The molecule has 0 radical (unpaired) electrons. The van der Waals surface area contributed by atoms with Crippen LogP contribution in [0.15, 0.2) is 76.3 Å². The van der Waals surface area contributed by atoms with Crippen molar-refractivity contribution in [1.82, 2.24) is 20.8 Å². The number of benzene rings is 2. The standard InChI is InChI=1S/C24H19ClN4O3S/c1-15-4-6-17(7-5-15)23(30)27-20(13-19-3-2-12-33-19)24(31)26-14-21-28-22(29-32-21)16-8-10-18(25)11-9-16/h2-13H,14H2,1H3,(H,26,31)(H,27,30)/b20-13-. The maximum atomic E-state index is 12.9. The van der Waals surface area contributed by atoms with Crippen molar-refractivity contribution in [2.45, 2.75) is 13.5 Å². The van der Waals surface area contributed by atoms with Crippen molar-refractivity contribution >= 4 is 40.8 Å². The number of halogens is 1. The molecule has 166 valence electrons. The molecule has 7 nitrogen and oxygen atoms in total. The highest BCUT2D eigenvalue weighted by atomic mass is 35.5. The minimum absolute atomic E-state index is 0.00159. The second-order valence-corrected chi connectivity index (χ2v) is 8.51. The zero-order chi connectivity index (χ0) is 23.2. The summed E-state index contributed by atoms with van der Waals surface area (Å²) in [7, 11) is 0. The number of hydrogen-bond donors (Lipinski definition) is 2. The van der Waals surface area contributed by atoms with Gasteiger partial charge in [-0.1, -0.05) is 40.5 Å². The van der Waals surface area contributed by atoms with Crippen LogP contribution in [0.1, 0.15) is 26.7 Å². The van der Waals surface area contributed by atoms with Crippen molar-refractivity contribution in [2.24, 2.45) is 0 Å². The number of nitrogens with one attached hydrogen (secondary N) is 2. The van der Waals surface area contributed by atoms with Crippen LogP contribution in [0.5, 0.6) is 0 Å². The van der Waals surface area contributed by atoms with Crippen molar-refractivity contribution in [3.05, 3.63) is 98.7 Å². The normalized spacial score (nSPS) is 11.3. The largest absolute Gasteiger partial charge is 0.342 e. The highest BCUT2D eigenvalue weighted by Crippen LogP contribution is 2.19. The topological polar surface area (TPSA) is 97.1 Å². The fourth-order valence-corrected chi connectivity index (χ4v) is 3.65. The number of carbonyl (C=O) groups excluding carboxylic acids is 2. The van der Waals surface area contributed by atoms with Crippen LogP contribution in [-0.4, -0.2) is 22.0 Å². The van der Waals surface area contributed by atoms with Gasteiger partial charge in [0.15, 0.2) is 0 Å². The van der Waals surface area contributed by atoms with Gasteiger partial charge in [-0.15, -0.1) is 11.3 Å². The summed E-state index contributed by atoms with van der Waals surface area (Å²) in [5.74, 6) is -0.238. The summed E-state index contributed by atoms with van der Waals surface area (Å²) in [6.07, 6.45) is 1.62. The maximum absolute atomic E-state index is 12.9. The van der Waals surface area contributed by atoms with Gasteiger partial charge in [-0.3, -0.25) is 9.59 Å². The molecule has 0 unspecified atom stereocenters. The molecule has 9 heteroatoms. The third-order valence-corrected chi connectivity index (χ3v) is 5.68. The maximum Gasteiger partial charge on any atom is 0.268 e. The predicted molar refractivity (Wildman–Crippen MR) is 128 cm³/mol. The lowest BCUT2D eigenvalue weighted by Gasteiger charge is -2.10. The van der Waals surface area contributed by atoms with E-state index in [4.69, 9.17) is 16.1 Å². The van der Waals surface area contributed by atoms with Gasteiger partial charge in [-0.2, -0.15) is 4.98 Å². The minimum Gasteiger partial charge on any atom is -0.342 e. The Labute approximate surface area is 199 Å². The Morgan fingerprint density at radius 1 is 1.09 bits per heavy atom. The molecule has 0 aliphatic rings. The van der Waals surface area contributed by atoms with Gasteiger partial charge < -0.3 is 15.2 Å². The van der Waals surface area contributed by atoms with E-state index in [1.165, 1.54) is 11.3 Å². The van der Waals surface area contributed by atoms with E-state index in [9.17, 15) is 9.59 Å². The molecule has 0 saturated carbocycles. The monoisotopic (exact) mass is 478 g/mol. The van der Waals surface area contributed by atoms with Crippen LogP contribution in [0.25, 0.3) is 17.5 Å². The van der Waals surface area contributed by atoms with Crippen molar-refractivity contribution in [1.29, 1.82) is 0 Å². The molecule has 0 atom stereocenters. The van der Waals surface area contributed by atoms with Gasteiger partial charge in [0.2, 0.25) is 11.7 Å². The van der Waals surface area contributed by atoms with Crippen molar-refractivity contribution in [3.8, 4) is 11.4 Å². The first-order chi connectivity index (χ1) is 16.0. The molecule has 0 aliphatic carbocycles. The zero-order valence-corrected chi connectivity index (χ0v) is 19.1. The van der Waals surface area contributed by atoms with E-state index in [0.717, 1.165) is 16.0 Å². The highest BCUT2D eigenvalue weighted by molar-refractivity contribution is 7.10. The van der Waals surface area contributed by atoms with Gasteiger partial charge in [-0.05, 0) is 60.8 Å². The Bertz CT molecular complexity index is 1280. The molecule has 2 aromatic heterocycles. The lowest BCUT2D eigenvalue weighted by molar-refractivity contribution is -0.118. The number of hydrogen-bond acceptors (Lipinski definition) is 6. The second-order valence-electron chi connectivity index (χ2n) is 7.09. The van der Waals surface area contributed by atoms with E-state index in [-0.39, 0.29) is 24.0 Å². The molecule has 2 N–H and O–H groups in total. The van der Waals surface area contributed by atoms with Gasteiger partial charge in [0, 0.05) is 21.0 Å². The van der Waals surface area contributed by atoms with Crippen molar-refractivity contribution in [3.63, 3.8) is 0 Å². The summed E-state index contributed by atoms with van der Waals surface area (Å²) in [4.78, 5) is 30.7. The zero-order valence-electron chi connectivity index (χ0n) is 17.5. The van der Waals surface area contributed by atoms with E-state index in [0.29, 0.717) is 16.4 Å². The molecule has 33 heavy (non-hydrogen) atoms. The molecular weight excluding hydrogens is 460 g/mol. The van der Waals surface area contributed by atoms with E-state index in [1.807, 2.05) is 36.6 Å². The molecule has 2 heterocycles. The number of thiophene rings is 1. The SMILES string of the molecule is Cc1ccc(C(=O)N/C(=C\c2cccs2)C(=O)NCc2nc(-c3ccc(Cl)cc3)no2)cc1. The molecular formula is C24H19ClN4O3S. The summed E-state index contributed by atoms with van der Waals surface area (Å²) < 4.78 is 5.23. The molecule has 2 aromatic carbocycles. The fraction of sp³-hybridized carbons (Fsp3) is 0.0833. The van der Waals surface area contributed by atoms with Gasteiger partial charge in [-0.25, -0.2) is 0 Å². The number of rotatable bonds is 7. The van der Waals surface area contributed by atoms with Crippen LogP contribution >= 0.6 is 22.9 Å². The highest BCUT2D eigenvalue weighted by Gasteiger charge is 2.16. The molecule has 0 fully saturated rings. The number of carbonyl (C=O) groups is 2. The summed E-state index contributed by atoms with van der Waals surface area (Å²) in [6.45, 7) is 1.94. The van der Waals surface area contributed by atoms with Gasteiger partial charge in [0.05, 0.1) is 6.54 Å². The molecule has 4 rings (SSSR count). The summed E-state index contributed by atoms with van der Waals surface area (Å²) in [5, 5.41) is 11.8. The van der Waals surface area contributed by atoms with E-state index >= 15 is 0 Å². The smallest absolute Gasteiger partial charge is 0.268 e. The molecule has 4 aromatic rings. The van der Waals surface area contributed by atoms with E-state index < -0.39 is 5.91 Å². The third kappa shape index (κ3) is 5.94. The van der Waals surface area contributed by atoms with E-state index in [2.05, 4.69) is 20.8 Å². The van der Waals surface area contributed by atoms with Crippen LogP contribution in [0.4, 0.5) is 0 Å². The predicted octanol–water partition coefficient (Wildman–Crippen LogP) is 4.85. The number of nitrogens with zero attached hydrogens (tertiary/aromatic N) is 2. The molecule has 0 spiro atoms. The summed E-state index contributed by atoms with van der Waals surface area (Å²) in [6, 6.07) is 17.8. The first-order valence-electron chi connectivity index (χ1n) is 9.98. The van der Waals surface area contributed by atoms with Crippen LogP contribution in [-0.2, 0) is 11.3 Å². The average Bonchev–Trinajstić information content (AvgIpc) is 3.50. The summed E-state index contributed by atoms with van der Waals surface area (Å²) in [5.41, 5.74) is 2.34. The number of aryl methyl sites for hydroxylation is 1. The fourth-order valence-electron chi connectivity index (χ4n) is 2.87. The molecule has 2 amide bonds. The second kappa shape index (κ2) is 10.2. The first-order valence-corrected chi connectivity index (χ1v) is 11.2. The first kappa shape index (κ1) is 22.4. The minimum atomic E-state index is -0.477. The van der Waals surface area contributed by atoms with Crippen LogP contribution in [0, 0.1) is 6.92 Å². The Morgan fingerprint density at radius 3 is 2.55 bits per heavy atom. The molecule has 0 aliphatic heterocycles. The summed E-state index contributed by atoms with van der Waals surface area (Å²) >= 11 is 7.36. The van der Waals surface area contributed by atoms with Crippen LogP contribution < -0.4 is 10.6 Å². The van der Waals surface area contributed by atoms with Gasteiger partial charge in [0.1, 0.15) is 5.70 Å². The van der Waals surface area contributed by atoms with Gasteiger partial charge >= 0.3 is 0 Å². The number of aromatic nitrogens is 2. The van der Waals surface area contributed by atoms with Crippen LogP contribution in [0.2, 0.25) is 5.02 Å². The lowest BCUT2D eigenvalue weighted by Crippen LogP contribution is -2.34. The molecule has 0 bridgehead atoms. The Kier molecular flexibility index (Phi) is 6.97. The quantitative estimate of drug-likeness (QED) is 0.370. The van der Waals surface area contributed by atoms with E-state index in [1.54, 1.807) is 42.5 Å². The lowest BCUT2D eigenvalue weighted by atomic mass is 10.1. The Morgan fingerprint density at radius 2 is 1.85 bits per heavy atom. The Hall–Kier alpha value is -3.75.